The number of Topliss-reactive ketones (excluding diaryl/α,β-unsaturated/α-hetero) is 3. The van der Waals surface area contributed by atoms with Crippen molar-refractivity contribution in [2.75, 3.05) is 0 Å². The zero-order chi connectivity index (χ0) is 33.9. The van der Waals surface area contributed by atoms with Crippen molar-refractivity contribution in [3.8, 4) is 11.5 Å². The fraction of sp³-hybridized carbons (Fsp3) is 0.605. The number of carbonyl (C=O) groups excluding carboxylic acids is 3. The Morgan fingerprint density at radius 3 is 2.11 bits per heavy atom. The first-order valence-corrected chi connectivity index (χ1v) is 16.2. The Balaban J connectivity index is 2.08. The number of aromatic hydroxyl groups is 2. The van der Waals surface area contributed by atoms with Crippen LogP contribution in [0.2, 0.25) is 0 Å². The largest absolute Gasteiger partial charge is 0.504 e. The number of phenolic OH excluding ortho intramolecular Hbond substituents is 2. The molecule has 1 heterocycles. The molecule has 2 aliphatic carbocycles. The van der Waals surface area contributed by atoms with E-state index >= 15 is 9.59 Å². The lowest BCUT2D eigenvalue weighted by Gasteiger charge is -2.64. The average molecular weight is 621 g/mol. The number of phenols is 2. The summed E-state index contributed by atoms with van der Waals surface area (Å²) in [7, 11) is 0. The quantitative estimate of drug-likeness (QED) is 0.0847. The summed E-state index contributed by atoms with van der Waals surface area (Å²) < 4.78 is 6.79. The third-order valence-electron chi connectivity index (χ3n) is 11.0. The third kappa shape index (κ3) is 5.82. The lowest BCUT2D eigenvalue weighted by atomic mass is 9.38. The molecule has 0 unspecified atom stereocenters. The molecular formula is C38H52O7. The molecule has 3 N–H and O–H groups in total. The highest BCUT2D eigenvalue weighted by Gasteiger charge is 2.74. The van der Waals surface area contributed by atoms with Gasteiger partial charge in [0.1, 0.15) is 22.3 Å². The summed E-state index contributed by atoms with van der Waals surface area (Å²) in [6.07, 6.45) is 6.81. The Labute approximate surface area is 268 Å². The molecule has 4 rings (SSSR count). The van der Waals surface area contributed by atoms with Crippen molar-refractivity contribution in [2.24, 2.45) is 28.1 Å². The van der Waals surface area contributed by atoms with Gasteiger partial charge in [-0.2, -0.15) is 0 Å². The number of hydrogen-bond donors (Lipinski definition) is 3. The SMILES string of the molecule is CC(C)=CC[C@@H]1C[C@]23C[C@H](CCC(C)(C)O)C(C)(C)[C@](CC=C(C)C)(C(=O)C(C(=O)c4ccc(O)c(O)c4)=C2OC1(C)C)C3=O. The second-order valence-electron chi connectivity index (χ2n) is 16.0. The van der Waals surface area contributed by atoms with E-state index in [-0.39, 0.29) is 46.7 Å². The molecule has 2 fully saturated rings. The molecular weight excluding hydrogens is 568 g/mol. The first-order valence-electron chi connectivity index (χ1n) is 16.2. The maximum atomic E-state index is 15.4. The molecule has 45 heavy (non-hydrogen) atoms. The number of ether oxygens (including phenoxy) is 1. The van der Waals surface area contributed by atoms with E-state index in [4.69, 9.17) is 4.74 Å². The van der Waals surface area contributed by atoms with Crippen molar-refractivity contribution in [1.82, 2.24) is 0 Å². The highest BCUT2D eigenvalue weighted by atomic mass is 16.5. The number of hydrogen-bond acceptors (Lipinski definition) is 7. The number of fused-ring (bicyclic) bond motifs is 1. The molecule has 0 amide bonds. The molecule has 1 aromatic rings. The second kappa shape index (κ2) is 11.6. The summed E-state index contributed by atoms with van der Waals surface area (Å²) in [4.78, 5) is 45.0. The van der Waals surface area contributed by atoms with Gasteiger partial charge in [-0.3, -0.25) is 14.4 Å². The lowest BCUT2D eigenvalue weighted by Crippen LogP contribution is -2.69. The van der Waals surface area contributed by atoms with E-state index < -0.39 is 44.8 Å². The maximum absolute atomic E-state index is 15.4. The van der Waals surface area contributed by atoms with E-state index in [0.29, 0.717) is 32.1 Å². The minimum atomic E-state index is -1.55. The van der Waals surface area contributed by atoms with Crippen LogP contribution in [0.25, 0.3) is 0 Å². The Morgan fingerprint density at radius 2 is 1.56 bits per heavy atom. The van der Waals surface area contributed by atoms with Crippen molar-refractivity contribution >= 4 is 17.3 Å². The Hall–Kier alpha value is -3.19. The molecule has 7 heteroatoms. The fourth-order valence-corrected chi connectivity index (χ4v) is 7.95. The molecule has 246 valence electrons. The average Bonchev–Trinajstić information content (AvgIpc) is 2.90. The van der Waals surface area contributed by atoms with Crippen LogP contribution in [0.3, 0.4) is 0 Å². The normalized spacial score (nSPS) is 28.6. The number of aliphatic hydroxyl groups is 1. The molecule has 7 nitrogen and oxygen atoms in total. The summed E-state index contributed by atoms with van der Waals surface area (Å²) >= 11 is 0. The first kappa shape index (κ1) is 34.7. The van der Waals surface area contributed by atoms with Crippen molar-refractivity contribution in [3.63, 3.8) is 0 Å². The van der Waals surface area contributed by atoms with Crippen LogP contribution >= 0.6 is 0 Å². The van der Waals surface area contributed by atoms with Crippen LogP contribution in [0, 0.1) is 28.1 Å². The van der Waals surface area contributed by atoms with Crippen molar-refractivity contribution in [1.29, 1.82) is 0 Å². The van der Waals surface area contributed by atoms with Crippen LogP contribution in [-0.4, -0.2) is 43.9 Å². The Kier molecular flexibility index (Phi) is 8.91. The van der Waals surface area contributed by atoms with Gasteiger partial charge >= 0.3 is 0 Å². The summed E-state index contributed by atoms with van der Waals surface area (Å²) in [5.41, 5.74) is -3.33. The first-order chi connectivity index (χ1) is 20.6. The van der Waals surface area contributed by atoms with Gasteiger partial charge in [0.05, 0.1) is 11.0 Å². The summed E-state index contributed by atoms with van der Waals surface area (Å²) in [5, 5.41) is 31.0. The molecule has 1 saturated heterocycles. The summed E-state index contributed by atoms with van der Waals surface area (Å²) in [5.74, 6) is -2.27. The summed E-state index contributed by atoms with van der Waals surface area (Å²) in [6.45, 7) is 19.3. The van der Waals surface area contributed by atoms with Gasteiger partial charge in [0.15, 0.2) is 28.8 Å². The standard InChI is InChI=1S/C38H52O7/c1-22(2)11-13-26-21-37-20-25(16-17-34(5,6)44)35(7,8)38(33(37)43,18-15-23(3)4)31(42)29(32(37)45-36(26,9)10)30(41)24-12-14-27(39)28(40)19-24/h11-12,14-15,19,25-26,39-40,44H,13,16-18,20-21H2,1-10H3/t25-,26+,37+,38+/m0/s1. The second-order valence-corrected chi connectivity index (χ2v) is 16.0. The minimum Gasteiger partial charge on any atom is -0.504 e. The Bertz CT molecular complexity index is 1490. The van der Waals surface area contributed by atoms with Gasteiger partial charge in [0.2, 0.25) is 0 Å². The molecule has 1 spiro atoms. The fourth-order valence-electron chi connectivity index (χ4n) is 7.95. The number of carbonyl (C=O) groups is 3. The van der Waals surface area contributed by atoms with E-state index in [0.717, 1.165) is 17.2 Å². The third-order valence-corrected chi connectivity index (χ3v) is 11.0. The highest BCUT2D eigenvalue weighted by molar-refractivity contribution is 6.35. The number of rotatable bonds is 9. The minimum absolute atomic E-state index is 0.0329. The van der Waals surface area contributed by atoms with E-state index in [1.165, 1.54) is 12.1 Å². The number of benzene rings is 1. The lowest BCUT2D eigenvalue weighted by molar-refractivity contribution is -0.189. The van der Waals surface area contributed by atoms with E-state index in [1.54, 1.807) is 13.8 Å². The van der Waals surface area contributed by atoms with Crippen LogP contribution < -0.4 is 0 Å². The van der Waals surface area contributed by atoms with Crippen molar-refractivity contribution < 1.29 is 34.4 Å². The molecule has 0 aromatic heterocycles. The highest BCUT2D eigenvalue weighted by Crippen LogP contribution is 2.69. The van der Waals surface area contributed by atoms with E-state index in [9.17, 15) is 20.1 Å². The smallest absolute Gasteiger partial charge is 0.200 e. The van der Waals surface area contributed by atoms with Gasteiger partial charge in [-0.15, -0.1) is 0 Å². The molecule has 1 saturated carbocycles. The van der Waals surface area contributed by atoms with Crippen LogP contribution in [0.15, 0.2) is 52.8 Å². The Morgan fingerprint density at radius 1 is 0.956 bits per heavy atom. The monoisotopic (exact) mass is 620 g/mol. The van der Waals surface area contributed by atoms with Crippen LogP contribution in [0.1, 0.15) is 118 Å². The van der Waals surface area contributed by atoms with Gasteiger partial charge in [-0.1, -0.05) is 37.1 Å². The van der Waals surface area contributed by atoms with Crippen molar-refractivity contribution in [3.05, 3.63) is 58.4 Å². The molecule has 0 radical (unpaired) electrons. The molecule has 2 bridgehead atoms. The zero-order valence-electron chi connectivity index (χ0n) is 28.8. The van der Waals surface area contributed by atoms with Gasteiger partial charge < -0.3 is 20.1 Å². The van der Waals surface area contributed by atoms with Crippen LogP contribution in [0.5, 0.6) is 11.5 Å². The maximum Gasteiger partial charge on any atom is 0.200 e. The molecule has 1 aliphatic heterocycles. The van der Waals surface area contributed by atoms with Crippen LogP contribution in [0.4, 0.5) is 0 Å². The molecule has 1 aromatic carbocycles. The van der Waals surface area contributed by atoms with Crippen LogP contribution in [-0.2, 0) is 14.3 Å². The van der Waals surface area contributed by atoms with Gasteiger partial charge in [0, 0.05) is 11.5 Å². The van der Waals surface area contributed by atoms with Crippen molar-refractivity contribution in [2.45, 2.75) is 119 Å². The number of allylic oxidation sites excluding steroid dienone is 6. The topological polar surface area (TPSA) is 121 Å². The predicted molar refractivity (Wildman–Crippen MR) is 175 cm³/mol. The van der Waals surface area contributed by atoms with Gasteiger partial charge in [0.25, 0.3) is 0 Å². The molecule has 3 aliphatic rings. The number of ketones is 3. The predicted octanol–water partition coefficient (Wildman–Crippen LogP) is 7.78. The van der Waals surface area contributed by atoms with E-state index in [2.05, 4.69) is 6.08 Å². The summed E-state index contributed by atoms with van der Waals surface area (Å²) in [6, 6.07) is 3.76. The molecule has 4 atom stereocenters. The van der Waals surface area contributed by atoms with Gasteiger partial charge in [-0.25, -0.2) is 0 Å². The zero-order valence-corrected chi connectivity index (χ0v) is 28.8. The van der Waals surface area contributed by atoms with E-state index in [1.807, 2.05) is 61.5 Å². The van der Waals surface area contributed by atoms with Gasteiger partial charge in [-0.05, 0) is 123 Å².